The number of ether oxygens (including phenoxy) is 1. The van der Waals surface area contributed by atoms with E-state index in [9.17, 15) is 0 Å². The van der Waals surface area contributed by atoms with Crippen LogP contribution in [0.15, 0.2) is 12.5 Å². The van der Waals surface area contributed by atoms with Crippen LogP contribution in [0.4, 0.5) is 0 Å². The predicted octanol–water partition coefficient (Wildman–Crippen LogP) is 0.268. The maximum Gasteiger partial charge on any atom is 0.0948 e. The first-order valence-electron chi connectivity index (χ1n) is 5.07. The zero-order valence-electron chi connectivity index (χ0n) is 7.97. The van der Waals surface area contributed by atoms with Gasteiger partial charge in [-0.3, -0.25) is 0 Å². The summed E-state index contributed by atoms with van der Waals surface area (Å²) in [6.45, 7) is 2.93. The fourth-order valence-electron chi connectivity index (χ4n) is 2.50. The maximum absolute atomic E-state index is 9.06. The van der Waals surface area contributed by atoms with Crippen LogP contribution < -0.4 is 0 Å². The molecular weight excluding hydrogens is 180 g/mol. The first-order valence-corrected chi connectivity index (χ1v) is 5.07. The molecular formula is C10H14N2O2. The molecule has 1 aliphatic carbocycles. The highest BCUT2D eigenvalue weighted by atomic mass is 16.5. The van der Waals surface area contributed by atoms with E-state index >= 15 is 0 Å². The highest BCUT2D eigenvalue weighted by Crippen LogP contribution is 2.51. The van der Waals surface area contributed by atoms with Crippen molar-refractivity contribution in [3.8, 4) is 0 Å². The molecule has 4 heteroatoms. The van der Waals surface area contributed by atoms with Gasteiger partial charge in [-0.15, -0.1) is 0 Å². The van der Waals surface area contributed by atoms with Gasteiger partial charge in [-0.2, -0.15) is 0 Å². The number of imidazole rings is 1. The Morgan fingerprint density at radius 1 is 1.50 bits per heavy atom. The van der Waals surface area contributed by atoms with Gasteiger partial charge in [-0.25, -0.2) is 4.98 Å². The molecule has 1 saturated carbocycles. The van der Waals surface area contributed by atoms with Gasteiger partial charge in [0.05, 0.1) is 38.0 Å². The Labute approximate surface area is 82.5 Å². The van der Waals surface area contributed by atoms with E-state index in [2.05, 4.69) is 9.55 Å². The second-order valence-corrected chi connectivity index (χ2v) is 4.22. The third-order valence-corrected chi connectivity index (χ3v) is 3.50. The molecule has 0 bridgehead atoms. The molecule has 2 unspecified atom stereocenters. The summed E-state index contributed by atoms with van der Waals surface area (Å²) >= 11 is 0. The quantitative estimate of drug-likeness (QED) is 0.751. The van der Waals surface area contributed by atoms with Gasteiger partial charge < -0.3 is 14.4 Å². The van der Waals surface area contributed by atoms with Gasteiger partial charge in [-0.1, -0.05) is 0 Å². The van der Waals surface area contributed by atoms with Crippen molar-refractivity contribution in [1.29, 1.82) is 0 Å². The third-order valence-electron chi connectivity index (χ3n) is 3.50. The van der Waals surface area contributed by atoms with Crippen molar-refractivity contribution in [2.24, 2.45) is 17.8 Å². The van der Waals surface area contributed by atoms with Gasteiger partial charge in [-0.05, 0) is 17.8 Å². The van der Waals surface area contributed by atoms with E-state index in [1.54, 1.807) is 12.5 Å². The van der Waals surface area contributed by atoms with Crippen molar-refractivity contribution in [2.75, 3.05) is 13.2 Å². The SMILES string of the molecule is OCc1cncn1CC1C2COCC21. The molecule has 0 radical (unpaired) electrons. The molecule has 2 aliphatic rings. The molecule has 1 saturated heterocycles. The lowest BCUT2D eigenvalue weighted by Crippen LogP contribution is -2.08. The number of aliphatic hydroxyl groups is 1. The largest absolute Gasteiger partial charge is 0.390 e. The van der Waals surface area contributed by atoms with E-state index in [1.807, 2.05) is 0 Å². The molecule has 1 N–H and O–H groups in total. The molecule has 2 fully saturated rings. The number of nitrogens with zero attached hydrogens (tertiary/aromatic N) is 2. The average Bonchev–Trinajstić information content (AvgIpc) is 2.62. The minimum absolute atomic E-state index is 0.0819. The molecule has 2 atom stereocenters. The van der Waals surface area contributed by atoms with E-state index in [4.69, 9.17) is 9.84 Å². The molecule has 1 aliphatic heterocycles. The van der Waals surface area contributed by atoms with Crippen LogP contribution in [-0.4, -0.2) is 27.9 Å². The van der Waals surface area contributed by atoms with Gasteiger partial charge in [0, 0.05) is 6.54 Å². The van der Waals surface area contributed by atoms with Crippen molar-refractivity contribution < 1.29 is 9.84 Å². The molecule has 3 rings (SSSR count). The molecule has 1 aromatic heterocycles. The van der Waals surface area contributed by atoms with Crippen LogP contribution in [0.25, 0.3) is 0 Å². The Morgan fingerprint density at radius 3 is 3.00 bits per heavy atom. The summed E-state index contributed by atoms with van der Waals surface area (Å²) in [6, 6.07) is 0. The summed E-state index contributed by atoms with van der Waals surface area (Å²) in [4.78, 5) is 4.04. The van der Waals surface area contributed by atoms with Gasteiger partial charge in [0.2, 0.25) is 0 Å². The normalized spacial score (nSPS) is 34.5. The van der Waals surface area contributed by atoms with E-state index < -0.39 is 0 Å². The first-order chi connectivity index (χ1) is 6.90. The molecule has 14 heavy (non-hydrogen) atoms. The van der Waals surface area contributed by atoms with Crippen LogP contribution >= 0.6 is 0 Å². The summed E-state index contributed by atoms with van der Waals surface area (Å²) in [5, 5.41) is 9.06. The fraction of sp³-hybridized carbons (Fsp3) is 0.700. The summed E-state index contributed by atoms with van der Waals surface area (Å²) < 4.78 is 7.40. The van der Waals surface area contributed by atoms with Crippen molar-refractivity contribution in [3.63, 3.8) is 0 Å². The zero-order chi connectivity index (χ0) is 9.54. The summed E-state index contributed by atoms with van der Waals surface area (Å²) in [6.07, 6.45) is 3.54. The van der Waals surface area contributed by atoms with Crippen molar-refractivity contribution in [2.45, 2.75) is 13.2 Å². The number of hydrogen-bond acceptors (Lipinski definition) is 3. The van der Waals surface area contributed by atoms with Crippen molar-refractivity contribution >= 4 is 0 Å². The van der Waals surface area contributed by atoms with Crippen LogP contribution in [0.2, 0.25) is 0 Å². The maximum atomic E-state index is 9.06. The van der Waals surface area contributed by atoms with Crippen LogP contribution in [0.5, 0.6) is 0 Å². The zero-order valence-corrected chi connectivity index (χ0v) is 7.97. The second kappa shape index (κ2) is 3.07. The topological polar surface area (TPSA) is 47.3 Å². The Hall–Kier alpha value is -0.870. The summed E-state index contributed by atoms with van der Waals surface area (Å²) in [5.41, 5.74) is 0.913. The van der Waals surface area contributed by atoms with Gasteiger partial charge in [0.1, 0.15) is 0 Å². The highest BCUT2D eigenvalue weighted by Gasteiger charge is 2.53. The van der Waals surface area contributed by atoms with Gasteiger partial charge >= 0.3 is 0 Å². The number of aliphatic hydroxyl groups excluding tert-OH is 1. The van der Waals surface area contributed by atoms with E-state index in [0.29, 0.717) is 0 Å². The predicted molar refractivity (Wildman–Crippen MR) is 49.4 cm³/mol. The van der Waals surface area contributed by atoms with Crippen LogP contribution in [0.3, 0.4) is 0 Å². The molecule has 0 amide bonds. The number of fused-ring (bicyclic) bond motifs is 1. The van der Waals surface area contributed by atoms with E-state index in [1.165, 1.54) is 0 Å². The highest BCUT2D eigenvalue weighted by molar-refractivity contribution is 5.03. The van der Waals surface area contributed by atoms with E-state index in [-0.39, 0.29) is 6.61 Å². The Balaban J connectivity index is 1.68. The van der Waals surface area contributed by atoms with Gasteiger partial charge in [0.25, 0.3) is 0 Å². The number of aromatic nitrogens is 2. The van der Waals surface area contributed by atoms with Crippen LogP contribution in [0.1, 0.15) is 5.69 Å². The smallest absolute Gasteiger partial charge is 0.0948 e. The minimum Gasteiger partial charge on any atom is -0.390 e. The molecule has 0 spiro atoms. The second-order valence-electron chi connectivity index (χ2n) is 4.22. The molecule has 76 valence electrons. The first kappa shape index (κ1) is 8.44. The number of hydrogen-bond donors (Lipinski definition) is 1. The lowest BCUT2D eigenvalue weighted by atomic mass is 10.3. The van der Waals surface area contributed by atoms with E-state index in [0.717, 1.165) is 43.2 Å². The fourth-order valence-corrected chi connectivity index (χ4v) is 2.50. The Kier molecular flexibility index (Phi) is 1.85. The monoisotopic (exact) mass is 194 g/mol. The standard InChI is InChI=1S/C10H14N2O2/c13-3-7-1-11-6-12(7)2-8-9-4-14-5-10(8)9/h1,6,8-10,13H,2-5H2. The van der Waals surface area contributed by atoms with Crippen LogP contribution in [0, 0.1) is 17.8 Å². The third kappa shape index (κ3) is 1.18. The number of rotatable bonds is 3. The minimum atomic E-state index is 0.0819. The Morgan fingerprint density at radius 2 is 2.29 bits per heavy atom. The lowest BCUT2D eigenvalue weighted by molar-refractivity contribution is 0.147. The molecule has 0 aromatic carbocycles. The lowest BCUT2D eigenvalue weighted by Gasteiger charge is -2.07. The molecule has 2 heterocycles. The molecule has 4 nitrogen and oxygen atoms in total. The van der Waals surface area contributed by atoms with Crippen molar-refractivity contribution in [3.05, 3.63) is 18.2 Å². The van der Waals surface area contributed by atoms with Crippen LogP contribution in [-0.2, 0) is 17.9 Å². The average molecular weight is 194 g/mol. The molecule has 1 aromatic rings. The summed E-state index contributed by atoms with van der Waals surface area (Å²) in [5.74, 6) is 2.29. The Bertz CT molecular complexity index is 327. The summed E-state index contributed by atoms with van der Waals surface area (Å²) in [7, 11) is 0. The van der Waals surface area contributed by atoms with Crippen molar-refractivity contribution in [1.82, 2.24) is 9.55 Å². The van der Waals surface area contributed by atoms with Gasteiger partial charge in [0.15, 0.2) is 0 Å².